The first kappa shape index (κ1) is 14.6. The number of hydrogen-bond acceptors (Lipinski definition) is 4. The molecule has 1 atom stereocenters. The molecule has 1 fully saturated rings. The lowest BCUT2D eigenvalue weighted by Gasteiger charge is -2.35. The number of aromatic carboxylic acids is 1. The lowest BCUT2D eigenvalue weighted by Crippen LogP contribution is -2.44. The van der Waals surface area contributed by atoms with Crippen molar-refractivity contribution in [3.05, 3.63) is 23.7 Å². The predicted molar refractivity (Wildman–Crippen MR) is 72.5 cm³/mol. The maximum Gasteiger partial charge on any atom is 0.371 e. The van der Waals surface area contributed by atoms with Crippen LogP contribution in [0.4, 0.5) is 0 Å². The Morgan fingerprint density at radius 3 is 2.55 bits per heavy atom. The van der Waals surface area contributed by atoms with Crippen molar-refractivity contribution < 1.29 is 19.1 Å². The van der Waals surface area contributed by atoms with Crippen molar-refractivity contribution in [2.75, 3.05) is 13.1 Å². The van der Waals surface area contributed by atoms with Crippen LogP contribution >= 0.6 is 0 Å². The van der Waals surface area contributed by atoms with Crippen molar-refractivity contribution in [1.29, 1.82) is 0 Å². The molecule has 2 N–H and O–H groups in total. The SMILES string of the molecule is CC(=O)NC1CCN(C(C)c2ccc(C(=O)O)o2)CC1. The van der Waals surface area contributed by atoms with E-state index >= 15 is 0 Å². The number of carboxylic acid groups (broad SMARTS) is 1. The number of furan rings is 1. The molecule has 1 aromatic heterocycles. The van der Waals surface area contributed by atoms with E-state index in [1.807, 2.05) is 6.92 Å². The Morgan fingerprint density at radius 2 is 2.05 bits per heavy atom. The van der Waals surface area contributed by atoms with Crippen LogP contribution in [-0.4, -0.2) is 41.0 Å². The zero-order valence-electron chi connectivity index (χ0n) is 11.8. The number of likely N-dealkylation sites (tertiary alicyclic amines) is 1. The van der Waals surface area contributed by atoms with Gasteiger partial charge in [-0.05, 0) is 31.9 Å². The maximum absolute atomic E-state index is 11.0. The van der Waals surface area contributed by atoms with Gasteiger partial charge in [0.2, 0.25) is 11.7 Å². The molecule has 0 saturated carbocycles. The van der Waals surface area contributed by atoms with Gasteiger partial charge in [0, 0.05) is 26.1 Å². The lowest BCUT2D eigenvalue weighted by molar-refractivity contribution is -0.120. The molecule has 0 spiro atoms. The lowest BCUT2D eigenvalue weighted by atomic mass is 10.0. The van der Waals surface area contributed by atoms with Gasteiger partial charge in [0.25, 0.3) is 0 Å². The van der Waals surface area contributed by atoms with E-state index in [0.29, 0.717) is 5.76 Å². The van der Waals surface area contributed by atoms with Gasteiger partial charge >= 0.3 is 5.97 Å². The molecule has 0 aromatic carbocycles. The Kier molecular flexibility index (Phi) is 4.44. The summed E-state index contributed by atoms with van der Waals surface area (Å²) in [6.07, 6.45) is 1.80. The Bertz CT molecular complexity index is 489. The topological polar surface area (TPSA) is 82.8 Å². The summed E-state index contributed by atoms with van der Waals surface area (Å²) in [5, 5.41) is 11.8. The Morgan fingerprint density at radius 1 is 1.40 bits per heavy atom. The van der Waals surface area contributed by atoms with Crippen molar-refractivity contribution in [1.82, 2.24) is 10.2 Å². The Labute approximate surface area is 117 Å². The van der Waals surface area contributed by atoms with Gasteiger partial charge in [-0.1, -0.05) is 0 Å². The second-order valence-corrected chi connectivity index (χ2v) is 5.19. The highest BCUT2D eigenvalue weighted by Gasteiger charge is 2.26. The van der Waals surface area contributed by atoms with Crippen molar-refractivity contribution in [3.63, 3.8) is 0 Å². The molecule has 1 saturated heterocycles. The van der Waals surface area contributed by atoms with E-state index in [0.717, 1.165) is 25.9 Å². The first-order chi connectivity index (χ1) is 9.47. The standard InChI is InChI=1S/C14H20N2O4/c1-9(12-3-4-13(20-12)14(18)19)16-7-5-11(6-8-16)15-10(2)17/h3-4,9,11H,5-8H2,1-2H3,(H,15,17)(H,18,19). The number of carbonyl (C=O) groups is 2. The van der Waals surface area contributed by atoms with Crippen molar-refractivity contribution >= 4 is 11.9 Å². The predicted octanol–water partition coefficient (Wildman–Crippen LogP) is 1.64. The number of rotatable bonds is 4. The summed E-state index contributed by atoms with van der Waals surface area (Å²) >= 11 is 0. The fourth-order valence-electron chi connectivity index (χ4n) is 2.59. The summed E-state index contributed by atoms with van der Waals surface area (Å²) in [6.45, 7) is 5.25. The second kappa shape index (κ2) is 6.09. The van der Waals surface area contributed by atoms with Crippen molar-refractivity contribution in [2.24, 2.45) is 0 Å². The number of piperidine rings is 1. The fraction of sp³-hybridized carbons (Fsp3) is 0.571. The molecule has 0 aliphatic carbocycles. The average molecular weight is 280 g/mol. The van der Waals surface area contributed by atoms with Crippen molar-refractivity contribution in [3.8, 4) is 0 Å². The average Bonchev–Trinajstić information content (AvgIpc) is 2.88. The van der Waals surface area contributed by atoms with Crippen molar-refractivity contribution in [2.45, 2.75) is 38.8 Å². The fourth-order valence-corrected chi connectivity index (χ4v) is 2.59. The number of carboxylic acids is 1. The van der Waals surface area contributed by atoms with Gasteiger partial charge in [-0.15, -0.1) is 0 Å². The van der Waals surface area contributed by atoms with Crippen LogP contribution in [-0.2, 0) is 4.79 Å². The van der Waals surface area contributed by atoms with Crippen LogP contribution in [0.5, 0.6) is 0 Å². The summed E-state index contributed by atoms with van der Waals surface area (Å²) in [7, 11) is 0. The first-order valence-electron chi connectivity index (χ1n) is 6.81. The molecule has 1 aliphatic heterocycles. The van der Waals surface area contributed by atoms with Crippen LogP contribution in [0.25, 0.3) is 0 Å². The van der Waals surface area contributed by atoms with Crippen LogP contribution in [0.3, 0.4) is 0 Å². The van der Waals surface area contributed by atoms with Gasteiger partial charge in [0.15, 0.2) is 0 Å². The van der Waals surface area contributed by atoms with Gasteiger partial charge in [-0.3, -0.25) is 9.69 Å². The minimum Gasteiger partial charge on any atom is -0.475 e. The number of nitrogens with zero attached hydrogens (tertiary/aromatic N) is 1. The first-order valence-corrected chi connectivity index (χ1v) is 6.81. The van der Waals surface area contributed by atoms with E-state index in [1.165, 1.54) is 13.0 Å². The van der Waals surface area contributed by atoms with Crippen LogP contribution in [0.1, 0.15) is 49.0 Å². The normalized spacial score (nSPS) is 18.7. The molecular formula is C14H20N2O4. The second-order valence-electron chi connectivity index (χ2n) is 5.19. The number of hydrogen-bond donors (Lipinski definition) is 2. The minimum absolute atomic E-state index is 0.00799. The molecule has 2 heterocycles. The molecule has 1 unspecified atom stereocenters. The summed E-state index contributed by atoms with van der Waals surface area (Å²) in [4.78, 5) is 24.1. The number of nitrogens with one attached hydrogen (secondary N) is 1. The largest absolute Gasteiger partial charge is 0.475 e. The van der Waals surface area contributed by atoms with E-state index in [1.54, 1.807) is 6.07 Å². The number of carbonyl (C=O) groups excluding carboxylic acids is 1. The molecule has 1 aliphatic rings. The third kappa shape index (κ3) is 3.39. The highest BCUT2D eigenvalue weighted by Crippen LogP contribution is 2.25. The summed E-state index contributed by atoms with van der Waals surface area (Å²) < 4.78 is 5.34. The molecule has 1 aromatic rings. The van der Waals surface area contributed by atoms with E-state index in [2.05, 4.69) is 10.2 Å². The van der Waals surface area contributed by atoms with Crippen LogP contribution in [0.15, 0.2) is 16.5 Å². The van der Waals surface area contributed by atoms with E-state index in [-0.39, 0.29) is 23.8 Å². The van der Waals surface area contributed by atoms with Gasteiger partial charge in [-0.25, -0.2) is 4.79 Å². The van der Waals surface area contributed by atoms with Gasteiger partial charge in [-0.2, -0.15) is 0 Å². The van der Waals surface area contributed by atoms with Gasteiger partial charge < -0.3 is 14.8 Å². The Hall–Kier alpha value is -1.82. The maximum atomic E-state index is 11.0. The summed E-state index contributed by atoms with van der Waals surface area (Å²) in [5.74, 6) is -0.401. The molecule has 0 bridgehead atoms. The van der Waals surface area contributed by atoms with Gasteiger partial charge in [0.05, 0.1) is 6.04 Å². The third-order valence-corrected chi connectivity index (χ3v) is 3.73. The van der Waals surface area contributed by atoms with Crippen LogP contribution in [0, 0.1) is 0 Å². The van der Waals surface area contributed by atoms with E-state index in [4.69, 9.17) is 9.52 Å². The highest BCUT2D eigenvalue weighted by molar-refractivity contribution is 5.84. The van der Waals surface area contributed by atoms with Crippen LogP contribution < -0.4 is 5.32 Å². The molecule has 6 heteroatoms. The molecule has 110 valence electrons. The van der Waals surface area contributed by atoms with E-state index in [9.17, 15) is 9.59 Å². The molecular weight excluding hydrogens is 260 g/mol. The molecule has 6 nitrogen and oxygen atoms in total. The quantitative estimate of drug-likeness (QED) is 0.876. The summed E-state index contributed by atoms with van der Waals surface area (Å²) in [6, 6.07) is 3.48. The molecule has 0 radical (unpaired) electrons. The zero-order valence-corrected chi connectivity index (χ0v) is 11.8. The monoisotopic (exact) mass is 280 g/mol. The highest BCUT2D eigenvalue weighted by atomic mass is 16.4. The third-order valence-electron chi connectivity index (χ3n) is 3.73. The molecule has 2 rings (SSSR count). The van der Waals surface area contributed by atoms with E-state index < -0.39 is 5.97 Å². The Balaban J connectivity index is 1.92. The van der Waals surface area contributed by atoms with Gasteiger partial charge in [0.1, 0.15) is 5.76 Å². The zero-order chi connectivity index (χ0) is 14.7. The van der Waals surface area contributed by atoms with Crippen LogP contribution in [0.2, 0.25) is 0 Å². The summed E-state index contributed by atoms with van der Waals surface area (Å²) in [5.41, 5.74) is 0. The molecule has 1 amide bonds. The number of amides is 1. The molecule has 20 heavy (non-hydrogen) atoms. The minimum atomic E-state index is -1.05. The smallest absolute Gasteiger partial charge is 0.371 e.